The molecule has 0 radical (unpaired) electrons. The fourth-order valence-corrected chi connectivity index (χ4v) is 2.05. The molecule has 0 fully saturated rings. The fraction of sp³-hybridized carbons (Fsp3) is 0.417. The summed E-state index contributed by atoms with van der Waals surface area (Å²) in [7, 11) is -3.34. The SMILES string of the molecule is CC(C)(C)C(=O)Nc1ccccc1S(C)(=O)=O. The van der Waals surface area contributed by atoms with Crippen molar-refractivity contribution in [1.29, 1.82) is 0 Å². The Hall–Kier alpha value is -1.36. The number of sulfone groups is 1. The molecule has 0 aliphatic heterocycles. The number of amides is 1. The molecule has 1 aromatic carbocycles. The molecule has 1 aromatic rings. The number of carbonyl (C=O) groups is 1. The van der Waals surface area contributed by atoms with Crippen LogP contribution >= 0.6 is 0 Å². The summed E-state index contributed by atoms with van der Waals surface area (Å²) in [6, 6.07) is 6.38. The first-order valence-corrected chi connectivity index (χ1v) is 7.12. The van der Waals surface area contributed by atoms with Crippen LogP contribution in [-0.4, -0.2) is 20.6 Å². The maximum atomic E-state index is 11.8. The molecule has 0 atom stereocenters. The summed E-state index contributed by atoms with van der Waals surface area (Å²) in [6.45, 7) is 5.31. The van der Waals surface area contributed by atoms with Gasteiger partial charge in [-0.1, -0.05) is 32.9 Å². The quantitative estimate of drug-likeness (QED) is 0.880. The molecule has 1 amide bonds. The van der Waals surface area contributed by atoms with Crippen LogP contribution in [0.25, 0.3) is 0 Å². The average Bonchev–Trinajstić information content (AvgIpc) is 2.15. The van der Waals surface area contributed by atoms with Crippen molar-refractivity contribution >= 4 is 21.4 Å². The van der Waals surface area contributed by atoms with Crippen LogP contribution in [-0.2, 0) is 14.6 Å². The summed E-state index contributed by atoms with van der Waals surface area (Å²) in [5.41, 5.74) is -0.236. The zero-order valence-corrected chi connectivity index (χ0v) is 11.3. The Morgan fingerprint density at radius 2 is 1.71 bits per heavy atom. The summed E-state index contributed by atoms with van der Waals surface area (Å²) >= 11 is 0. The van der Waals surface area contributed by atoms with Crippen LogP contribution in [0.3, 0.4) is 0 Å². The third-order valence-electron chi connectivity index (χ3n) is 2.22. The highest BCUT2D eigenvalue weighted by atomic mass is 32.2. The molecule has 0 bridgehead atoms. The molecule has 0 unspecified atom stereocenters. The van der Waals surface area contributed by atoms with E-state index in [0.29, 0.717) is 5.69 Å². The lowest BCUT2D eigenvalue weighted by Crippen LogP contribution is -2.28. The van der Waals surface area contributed by atoms with Crippen LogP contribution < -0.4 is 5.32 Å². The van der Waals surface area contributed by atoms with Crippen molar-refractivity contribution in [3.05, 3.63) is 24.3 Å². The predicted octanol–water partition coefficient (Wildman–Crippen LogP) is 2.07. The van der Waals surface area contributed by atoms with Gasteiger partial charge in [0.15, 0.2) is 9.84 Å². The lowest BCUT2D eigenvalue weighted by Gasteiger charge is -2.18. The van der Waals surface area contributed by atoms with E-state index in [0.717, 1.165) is 6.26 Å². The monoisotopic (exact) mass is 255 g/mol. The van der Waals surface area contributed by atoms with Gasteiger partial charge in [0, 0.05) is 11.7 Å². The topological polar surface area (TPSA) is 63.2 Å². The highest BCUT2D eigenvalue weighted by molar-refractivity contribution is 7.90. The Bertz CT molecular complexity index is 527. The number of benzene rings is 1. The van der Waals surface area contributed by atoms with E-state index in [-0.39, 0.29) is 10.8 Å². The summed E-state index contributed by atoms with van der Waals surface area (Å²) < 4.78 is 23.1. The molecule has 0 saturated heterocycles. The van der Waals surface area contributed by atoms with Crippen molar-refractivity contribution in [1.82, 2.24) is 0 Å². The van der Waals surface area contributed by atoms with E-state index in [9.17, 15) is 13.2 Å². The summed E-state index contributed by atoms with van der Waals surface area (Å²) in [5.74, 6) is -0.214. The van der Waals surface area contributed by atoms with E-state index >= 15 is 0 Å². The van der Waals surface area contributed by atoms with E-state index in [4.69, 9.17) is 0 Å². The average molecular weight is 255 g/mol. The molecule has 1 rings (SSSR count). The molecule has 1 N–H and O–H groups in total. The zero-order valence-electron chi connectivity index (χ0n) is 10.4. The highest BCUT2D eigenvalue weighted by Gasteiger charge is 2.23. The minimum atomic E-state index is -3.34. The smallest absolute Gasteiger partial charge is 0.229 e. The Morgan fingerprint density at radius 3 is 2.18 bits per heavy atom. The van der Waals surface area contributed by atoms with Gasteiger partial charge in [0.1, 0.15) is 0 Å². The number of hydrogen-bond acceptors (Lipinski definition) is 3. The molecule has 0 spiro atoms. The minimum Gasteiger partial charge on any atom is -0.324 e. The second kappa shape index (κ2) is 4.49. The van der Waals surface area contributed by atoms with Crippen LogP contribution in [0.15, 0.2) is 29.2 Å². The first-order chi connectivity index (χ1) is 7.62. The molecule has 5 heteroatoms. The molecule has 0 saturated carbocycles. The van der Waals surface area contributed by atoms with Gasteiger partial charge in [-0.25, -0.2) is 8.42 Å². The molecule has 94 valence electrons. The minimum absolute atomic E-state index is 0.137. The summed E-state index contributed by atoms with van der Waals surface area (Å²) in [6.07, 6.45) is 1.12. The Morgan fingerprint density at radius 1 is 1.18 bits per heavy atom. The van der Waals surface area contributed by atoms with E-state index in [2.05, 4.69) is 5.32 Å². The lowest BCUT2D eigenvalue weighted by molar-refractivity contribution is -0.123. The van der Waals surface area contributed by atoms with Gasteiger partial charge in [0.05, 0.1) is 10.6 Å². The largest absolute Gasteiger partial charge is 0.324 e. The highest BCUT2D eigenvalue weighted by Crippen LogP contribution is 2.23. The summed E-state index contributed by atoms with van der Waals surface area (Å²) in [5, 5.41) is 2.64. The number of hydrogen-bond donors (Lipinski definition) is 1. The van der Waals surface area contributed by atoms with E-state index in [1.807, 2.05) is 0 Å². The van der Waals surface area contributed by atoms with Gasteiger partial charge in [0.25, 0.3) is 0 Å². The van der Waals surface area contributed by atoms with Crippen molar-refractivity contribution in [2.45, 2.75) is 25.7 Å². The van der Waals surface area contributed by atoms with E-state index < -0.39 is 15.3 Å². The third kappa shape index (κ3) is 3.56. The van der Waals surface area contributed by atoms with Crippen molar-refractivity contribution in [3.8, 4) is 0 Å². The predicted molar refractivity (Wildman–Crippen MR) is 67.6 cm³/mol. The first kappa shape index (κ1) is 13.7. The molecule has 17 heavy (non-hydrogen) atoms. The van der Waals surface area contributed by atoms with Gasteiger partial charge in [-0.3, -0.25) is 4.79 Å². The molecule has 0 heterocycles. The van der Waals surface area contributed by atoms with E-state index in [1.54, 1.807) is 39.0 Å². The summed E-state index contributed by atoms with van der Waals surface area (Å²) in [4.78, 5) is 11.9. The van der Waals surface area contributed by atoms with Crippen LogP contribution in [0.2, 0.25) is 0 Å². The van der Waals surface area contributed by atoms with Crippen LogP contribution in [0.4, 0.5) is 5.69 Å². The molecular formula is C12H17NO3S. The Kier molecular flexibility index (Phi) is 3.62. The van der Waals surface area contributed by atoms with Gasteiger partial charge in [-0.2, -0.15) is 0 Å². The maximum Gasteiger partial charge on any atom is 0.229 e. The molecule has 4 nitrogen and oxygen atoms in total. The fourth-order valence-electron chi connectivity index (χ4n) is 1.20. The van der Waals surface area contributed by atoms with Crippen molar-refractivity contribution in [2.24, 2.45) is 5.41 Å². The number of rotatable bonds is 2. The Balaban J connectivity index is 3.13. The van der Waals surface area contributed by atoms with Crippen LogP contribution in [0.5, 0.6) is 0 Å². The molecular weight excluding hydrogens is 238 g/mol. The molecule has 0 aliphatic carbocycles. The van der Waals surface area contributed by atoms with Crippen LogP contribution in [0.1, 0.15) is 20.8 Å². The van der Waals surface area contributed by atoms with Crippen molar-refractivity contribution in [3.63, 3.8) is 0 Å². The zero-order chi connectivity index (χ0) is 13.3. The van der Waals surface area contributed by atoms with Crippen molar-refractivity contribution < 1.29 is 13.2 Å². The molecule has 0 aliphatic rings. The lowest BCUT2D eigenvalue weighted by atomic mass is 9.95. The number of anilines is 1. The number of carbonyl (C=O) groups excluding carboxylic acids is 1. The van der Waals surface area contributed by atoms with Gasteiger partial charge in [0.2, 0.25) is 5.91 Å². The van der Waals surface area contributed by atoms with Crippen LogP contribution in [0, 0.1) is 5.41 Å². The first-order valence-electron chi connectivity index (χ1n) is 5.23. The van der Waals surface area contributed by atoms with Gasteiger partial charge >= 0.3 is 0 Å². The van der Waals surface area contributed by atoms with Gasteiger partial charge in [-0.05, 0) is 12.1 Å². The van der Waals surface area contributed by atoms with Gasteiger partial charge in [-0.15, -0.1) is 0 Å². The third-order valence-corrected chi connectivity index (χ3v) is 3.37. The van der Waals surface area contributed by atoms with Gasteiger partial charge < -0.3 is 5.32 Å². The normalized spacial score (nSPS) is 12.2. The Labute approximate surface area is 102 Å². The second-order valence-electron chi connectivity index (χ2n) is 4.97. The van der Waals surface area contributed by atoms with E-state index in [1.165, 1.54) is 6.07 Å². The maximum absolute atomic E-state index is 11.8. The number of para-hydroxylation sites is 1. The number of nitrogens with one attached hydrogen (secondary N) is 1. The second-order valence-corrected chi connectivity index (χ2v) is 6.96. The van der Waals surface area contributed by atoms with Crippen molar-refractivity contribution in [2.75, 3.05) is 11.6 Å². The standard InChI is InChI=1S/C12H17NO3S/c1-12(2,3)11(14)13-9-7-5-6-8-10(9)17(4,15)16/h5-8H,1-4H3,(H,13,14). The molecule has 0 aromatic heterocycles.